The first-order chi connectivity index (χ1) is 12.0. The number of rotatable bonds is 1. The standard InChI is InChI=1S/C20H28N4O/c1-19-9-7-14(25)11-13(19)3-4-15-16-5-6-18(24-12-21-22-23-24)20(16,2)10-8-17(15)19/h3,6,12,14-17,25H,4-5,7-11H2,1-2H3/t14-,15-,16-,17-,19-,20-/m0/s1. The summed E-state index contributed by atoms with van der Waals surface area (Å²) >= 11 is 0. The van der Waals surface area contributed by atoms with Crippen LogP contribution in [0.2, 0.25) is 0 Å². The van der Waals surface area contributed by atoms with Crippen LogP contribution >= 0.6 is 0 Å². The third-order valence-corrected chi connectivity index (χ3v) is 8.21. The van der Waals surface area contributed by atoms with E-state index in [0.29, 0.717) is 11.3 Å². The van der Waals surface area contributed by atoms with Crippen molar-refractivity contribution < 1.29 is 5.11 Å². The molecule has 5 rings (SSSR count). The SMILES string of the molecule is C[C@]12CC[C@H](O)CC1=CC[C@@H]1[C@@H]2CC[C@]2(C)C(n3cnnn3)=CC[C@@H]12. The second-order valence-electron chi connectivity index (χ2n) is 9.19. The molecule has 0 unspecified atom stereocenters. The van der Waals surface area contributed by atoms with Crippen LogP contribution in [0, 0.1) is 28.6 Å². The molecule has 1 heterocycles. The van der Waals surface area contributed by atoms with Gasteiger partial charge in [-0.2, -0.15) is 0 Å². The minimum atomic E-state index is -0.121. The summed E-state index contributed by atoms with van der Waals surface area (Å²) in [6.07, 6.45) is 14.3. The lowest BCUT2D eigenvalue weighted by Crippen LogP contribution is -2.50. The van der Waals surface area contributed by atoms with Gasteiger partial charge in [0.05, 0.1) is 6.10 Å². The van der Waals surface area contributed by atoms with E-state index < -0.39 is 0 Å². The fourth-order valence-electron chi connectivity index (χ4n) is 6.81. The Hall–Kier alpha value is -1.49. The Balaban J connectivity index is 1.48. The van der Waals surface area contributed by atoms with Crippen molar-refractivity contribution in [2.45, 2.75) is 64.9 Å². The van der Waals surface area contributed by atoms with Crippen LogP contribution in [0.3, 0.4) is 0 Å². The summed E-state index contributed by atoms with van der Waals surface area (Å²) in [4.78, 5) is 0. The molecule has 0 aliphatic heterocycles. The van der Waals surface area contributed by atoms with Gasteiger partial charge in [0, 0.05) is 11.1 Å². The largest absolute Gasteiger partial charge is 0.393 e. The topological polar surface area (TPSA) is 63.8 Å². The van der Waals surface area contributed by atoms with Crippen LogP contribution in [0.15, 0.2) is 24.1 Å². The van der Waals surface area contributed by atoms with E-state index >= 15 is 0 Å². The second-order valence-corrected chi connectivity index (χ2v) is 9.19. The maximum Gasteiger partial charge on any atom is 0.143 e. The van der Waals surface area contributed by atoms with Gasteiger partial charge in [-0.1, -0.05) is 31.6 Å². The first-order valence-electron chi connectivity index (χ1n) is 9.84. The van der Waals surface area contributed by atoms with Crippen molar-refractivity contribution in [3.63, 3.8) is 0 Å². The van der Waals surface area contributed by atoms with Crippen molar-refractivity contribution in [1.82, 2.24) is 20.2 Å². The van der Waals surface area contributed by atoms with E-state index in [0.717, 1.165) is 37.5 Å². The summed E-state index contributed by atoms with van der Waals surface area (Å²) in [5, 5.41) is 22.0. The molecule has 0 aromatic carbocycles. The lowest BCUT2D eigenvalue weighted by Gasteiger charge is -2.57. The fourth-order valence-corrected chi connectivity index (χ4v) is 6.81. The average molecular weight is 340 g/mol. The molecular formula is C20H28N4O. The molecule has 134 valence electrons. The number of aromatic nitrogens is 4. The summed E-state index contributed by atoms with van der Waals surface area (Å²) < 4.78 is 1.89. The molecule has 6 atom stereocenters. The van der Waals surface area contributed by atoms with Crippen LogP contribution in [0.1, 0.15) is 58.8 Å². The molecule has 1 aromatic heterocycles. The number of tetrazole rings is 1. The van der Waals surface area contributed by atoms with Crippen LogP contribution in [0.4, 0.5) is 0 Å². The lowest BCUT2D eigenvalue weighted by atomic mass is 9.48. The highest BCUT2D eigenvalue weighted by Gasteiger charge is 2.57. The monoisotopic (exact) mass is 340 g/mol. The normalized spacial score (nSPS) is 45.9. The van der Waals surface area contributed by atoms with Crippen LogP contribution in [-0.4, -0.2) is 31.4 Å². The minimum absolute atomic E-state index is 0.121. The second kappa shape index (κ2) is 5.26. The maximum absolute atomic E-state index is 10.1. The smallest absolute Gasteiger partial charge is 0.143 e. The summed E-state index contributed by atoms with van der Waals surface area (Å²) in [7, 11) is 0. The predicted octanol–water partition coefficient (Wildman–Crippen LogP) is 3.45. The van der Waals surface area contributed by atoms with Crippen molar-refractivity contribution in [1.29, 1.82) is 0 Å². The Bertz CT molecular complexity index is 739. The zero-order chi connectivity index (χ0) is 17.2. The van der Waals surface area contributed by atoms with Crippen LogP contribution in [0.25, 0.3) is 5.70 Å². The zero-order valence-electron chi connectivity index (χ0n) is 15.2. The molecule has 5 heteroatoms. The van der Waals surface area contributed by atoms with Gasteiger partial charge in [0.25, 0.3) is 0 Å². The van der Waals surface area contributed by atoms with E-state index in [1.165, 1.54) is 25.0 Å². The van der Waals surface area contributed by atoms with Crippen molar-refractivity contribution in [2.24, 2.45) is 28.6 Å². The molecule has 0 spiro atoms. The molecule has 25 heavy (non-hydrogen) atoms. The molecule has 4 aliphatic rings. The van der Waals surface area contributed by atoms with Gasteiger partial charge in [0.1, 0.15) is 6.33 Å². The maximum atomic E-state index is 10.1. The van der Waals surface area contributed by atoms with Gasteiger partial charge in [-0.25, -0.2) is 4.68 Å². The molecule has 1 aromatic rings. The minimum Gasteiger partial charge on any atom is -0.393 e. The van der Waals surface area contributed by atoms with Gasteiger partial charge in [0.15, 0.2) is 0 Å². The van der Waals surface area contributed by atoms with Crippen molar-refractivity contribution in [3.8, 4) is 0 Å². The van der Waals surface area contributed by atoms with E-state index in [1.807, 2.05) is 4.68 Å². The summed E-state index contributed by atoms with van der Waals surface area (Å²) in [6.45, 7) is 4.91. The Morgan fingerprint density at radius 2 is 1.92 bits per heavy atom. The van der Waals surface area contributed by atoms with Crippen molar-refractivity contribution >= 4 is 5.70 Å². The molecule has 4 aliphatic carbocycles. The van der Waals surface area contributed by atoms with Crippen molar-refractivity contribution in [3.05, 3.63) is 24.1 Å². The van der Waals surface area contributed by atoms with Crippen LogP contribution in [0.5, 0.6) is 0 Å². The molecule has 0 radical (unpaired) electrons. The van der Waals surface area contributed by atoms with E-state index in [9.17, 15) is 5.11 Å². The Labute approximate surface area is 149 Å². The van der Waals surface area contributed by atoms with Gasteiger partial charge in [0.2, 0.25) is 0 Å². The first-order valence-corrected chi connectivity index (χ1v) is 9.84. The summed E-state index contributed by atoms with van der Waals surface area (Å²) in [5.74, 6) is 2.19. The van der Waals surface area contributed by atoms with Gasteiger partial charge < -0.3 is 5.11 Å². The molecule has 1 N–H and O–H groups in total. The van der Waals surface area contributed by atoms with Gasteiger partial charge in [-0.15, -0.1) is 5.10 Å². The quantitative estimate of drug-likeness (QED) is 0.795. The van der Waals surface area contributed by atoms with E-state index in [4.69, 9.17) is 0 Å². The zero-order valence-corrected chi connectivity index (χ0v) is 15.2. The van der Waals surface area contributed by atoms with Gasteiger partial charge in [-0.05, 0) is 78.5 Å². The van der Waals surface area contributed by atoms with Gasteiger partial charge >= 0.3 is 0 Å². The first kappa shape index (κ1) is 15.7. The third kappa shape index (κ3) is 2.08. The summed E-state index contributed by atoms with van der Waals surface area (Å²) in [5.41, 5.74) is 3.34. The number of allylic oxidation sites excluding steroid dienone is 3. The molecular weight excluding hydrogens is 312 g/mol. The number of fused-ring (bicyclic) bond motifs is 5. The highest BCUT2D eigenvalue weighted by molar-refractivity contribution is 5.55. The Morgan fingerprint density at radius 3 is 2.72 bits per heavy atom. The molecule has 2 fully saturated rings. The van der Waals surface area contributed by atoms with Crippen LogP contribution < -0.4 is 0 Å². The van der Waals surface area contributed by atoms with Crippen molar-refractivity contribution in [2.75, 3.05) is 0 Å². The van der Waals surface area contributed by atoms with Crippen LogP contribution in [-0.2, 0) is 0 Å². The molecule has 2 saturated carbocycles. The third-order valence-electron chi connectivity index (χ3n) is 8.21. The molecule has 0 amide bonds. The number of aliphatic hydroxyl groups excluding tert-OH is 1. The van der Waals surface area contributed by atoms with Gasteiger partial charge in [-0.3, -0.25) is 0 Å². The highest BCUT2D eigenvalue weighted by Crippen LogP contribution is 2.65. The number of hydrogen-bond acceptors (Lipinski definition) is 4. The highest BCUT2D eigenvalue weighted by atomic mass is 16.3. The van der Waals surface area contributed by atoms with E-state index in [1.54, 1.807) is 11.9 Å². The van der Waals surface area contributed by atoms with E-state index in [-0.39, 0.29) is 11.5 Å². The number of nitrogens with zero attached hydrogens (tertiary/aromatic N) is 4. The molecule has 5 nitrogen and oxygen atoms in total. The molecule has 0 saturated heterocycles. The number of aliphatic hydroxyl groups is 1. The van der Waals surface area contributed by atoms with E-state index in [2.05, 4.69) is 41.5 Å². The average Bonchev–Trinajstić information content (AvgIpc) is 3.22. The fraction of sp³-hybridized carbons (Fsp3) is 0.750. The predicted molar refractivity (Wildman–Crippen MR) is 95.2 cm³/mol. The lowest BCUT2D eigenvalue weighted by molar-refractivity contribution is -0.0251. The number of hydrogen-bond donors (Lipinski definition) is 1. The Kier molecular flexibility index (Phi) is 3.31. The Morgan fingerprint density at radius 1 is 1.08 bits per heavy atom. The molecule has 0 bridgehead atoms. The summed E-state index contributed by atoms with van der Waals surface area (Å²) in [6, 6.07) is 0.